The highest BCUT2D eigenvalue weighted by molar-refractivity contribution is 7.22. The first-order valence-electron chi connectivity index (χ1n) is 12.2. The number of carbonyl (C=O) groups excluding carboxylic acids is 2. The Hall–Kier alpha value is -4.62. The lowest BCUT2D eigenvalue weighted by Crippen LogP contribution is -2.25. The molecule has 4 aromatic carbocycles. The first-order chi connectivity index (χ1) is 18.5. The quantitative estimate of drug-likeness (QED) is 0.127. The van der Waals surface area contributed by atoms with E-state index in [0.29, 0.717) is 28.4 Å². The molecule has 0 aliphatic heterocycles. The normalized spacial score (nSPS) is 11.1. The van der Waals surface area contributed by atoms with Gasteiger partial charge in [-0.15, -0.1) is 0 Å². The Kier molecular flexibility index (Phi) is 7.38. The third-order valence-electron chi connectivity index (χ3n) is 5.85. The van der Waals surface area contributed by atoms with E-state index in [1.807, 2.05) is 74.5 Å². The van der Waals surface area contributed by atoms with Gasteiger partial charge in [-0.25, -0.2) is 4.98 Å². The van der Waals surface area contributed by atoms with Crippen molar-refractivity contribution in [3.05, 3.63) is 125 Å². The highest BCUT2D eigenvalue weighted by Gasteiger charge is 2.22. The first-order valence-corrected chi connectivity index (χ1v) is 13.0. The largest absolute Gasteiger partial charge is 0.494 e. The molecule has 38 heavy (non-hydrogen) atoms. The van der Waals surface area contributed by atoms with Crippen molar-refractivity contribution >= 4 is 44.6 Å². The number of ether oxygens (including phenoxy) is 1. The van der Waals surface area contributed by atoms with Crippen LogP contribution in [0.5, 0.6) is 5.75 Å². The molecule has 5 aromatic rings. The maximum absolute atomic E-state index is 13.7. The molecule has 0 spiro atoms. The molecular weight excluding hydrogens is 494 g/mol. The zero-order valence-corrected chi connectivity index (χ0v) is 21.8. The van der Waals surface area contributed by atoms with Gasteiger partial charge in [0.05, 0.1) is 23.0 Å². The van der Waals surface area contributed by atoms with E-state index in [1.165, 1.54) is 16.3 Å². The molecule has 6 nitrogen and oxygen atoms in total. The Morgan fingerprint density at radius 3 is 2.29 bits per heavy atom. The molecule has 1 amide bonds. The lowest BCUT2D eigenvalue weighted by Gasteiger charge is -2.14. The van der Waals surface area contributed by atoms with Crippen molar-refractivity contribution in [1.29, 1.82) is 0 Å². The average Bonchev–Trinajstić information content (AvgIpc) is 3.37. The van der Waals surface area contributed by atoms with Crippen LogP contribution in [0, 0.1) is 6.92 Å². The number of rotatable bonds is 8. The van der Waals surface area contributed by atoms with Gasteiger partial charge in [0.2, 0.25) is 5.13 Å². The summed E-state index contributed by atoms with van der Waals surface area (Å²) in [5, 5.41) is 6.31. The van der Waals surface area contributed by atoms with Crippen molar-refractivity contribution in [2.75, 3.05) is 11.6 Å². The topological polar surface area (TPSA) is 71.9 Å². The molecule has 0 fully saturated rings. The van der Waals surface area contributed by atoms with Crippen LogP contribution in [0.15, 0.2) is 102 Å². The molecule has 0 bridgehead atoms. The fourth-order valence-electron chi connectivity index (χ4n) is 3.88. The van der Waals surface area contributed by atoms with Gasteiger partial charge in [0, 0.05) is 16.7 Å². The van der Waals surface area contributed by atoms with E-state index in [4.69, 9.17) is 4.74 Å². The molecule has 188 valence electrons. The fraction of sp³-hybridized carbons (Fsp3) is 0.0968. The van der Waals surface area contributed by atoms with Crippen LogP contribution in [-0.4, -0.2) is 29.5 Å². The number of ketones is 1. The molecule has 0 radical (unpaired) electrons. The molecule has 0 saturated heterocycles. The van der Waals surface area contributed by atoms with Crippen LogP contribution in [0.4, 0.5) is 5.13 Å². The van der Waals surface area contributed by atoms with Gasteiger partial charge in [-0.05, 0) is 73.5 Å². The van der Waals surface area contributed by atoms with Gasteiger partial charge in [-0.1, -0.05) is 59.9 Å². The van der Waals surface area contributed by atoms with Gasteiger partial charge in [0.25, 0.3) is 5.91 Å². The van der Waals surface area contributed by atoms with Crippen molar-refractivity contribution < 1.29 is 14.3 Å². The highest BCUT2D eigenvalue weighted by atomic mass is 32.1. The van der Waals surface area contributed by atoms with Gasteiger partial charge in [-0.2, -0.15) is 10.1 Å². The zero-order valence-electron chi connectivity index (χ0n) is 21.0. The summed E-state index contributed by atoms with van der Waals surface area (Å²) >= 11 is 1.40. The monoisotopic (exact) mass is 519 g/mol. The number of aromatic nitrogens is 1. The van der Waals surface area contributed by atoms with Gasteiger partial charge in [0.1, 0.15) is 5.75 Å². The molecule has 1 aromatic heterocycles. The Balaban J connectivity index is 1.46. The van der Waals surface area contributed by atoms with Crippen LogP contribution in [0.25, 0.3) is 10.2 Å². The van der Waals surface area contributed by atoms with Crippen LogP contribution in [0.1, 0.15) is 44.3 Å². The maximum Gasteiger partial charge on any atom is 0.280 e. The molecule has 5 rings (SSSR count). The van der Waals surface area contributed by atoms with Crippen LogP contribution in [0.3, 0.4) is 0 Å². The smallest absolute Gasteiger partial charge is 0.280 e. The number of thiazole rings is 1. The molecule has 1 heterocycles. The number of carbonyl (C=O) groups is 2. The summed E-state index contributed by atoms with van der Waals surface area (Å²) in [6.45, 7) is 4.54. The maximum atomic E-state index is 13.7. The number of amides is 1. The second-order valence-electron chi connectivity index (χ2n) is 8.60. The minimum absolute atomic E-state index is 0.100. The van der Waals surface area contributed by atoms with Crippen LogP contribution in [0.2, 0.25) is 0 Å². The van der Waals surface area contributed by atoms with Gasteiger partial charge in [0.15, 0.2) is 5.78 Å². The Bertz CT molecular complexity index is 1610. The summed E-state index contributed by atoms with van der Waals surface area (Å²) in [5.74, 6) is 0.322. The summed E-state index contributed by atoms with van der Waals surface area (Å²) in [6.07, 6.45) is 1.62. The number of hydrazone groups is 1. The zero-order chi connectivity index (χ0) is 26.5. The van der Waals surface area contributed by atoms with E-state index in [1.54, 1.807) is 42.6 Å². The summed E-state index contributed by atoms with van der Waals surface area (Å²) < 4.78 is 6.48. The van der Waals surface area contributed by atoms with Crippen molar-refractivity contribution in [3.63, 3.8) is 0 Å². The lowest BCUT2D eigenvalue weighted by molar-refractivity contribution is 0.0985. The number of anilines is 1. The van der Waals surface area contributed by atoms with Crippen LogP contribution >= 0.6 is 11.3 Å². The number of hydrogen-bond donors (Lipinski definition) is 0. The number of nitrogens with zero attached hydrogens (tertiary/aromatic N) is 3. The van der Waals surface area contributed by atoms with E-state index in [0.717, 1.165) is 27.1 Å². The summed E-state index contributed by atoms with van der Waals surface area (Å²) in [7, 11) is 0. The Morgan fingerprint density at radius 1 is 0.895 bits per heavy atom. The molecule has 0 N–H and O–H groups in total. The molecule has 0 unspecified atom stereocenters. The van der Waals surface area contributed by atoms with E-state index in [-0.39, 0.29) is 11.7 Å². The van der Waals surface area contributed by atoms with Crippen molar-refractivity contribution in [2.45, 2.75) is 13.8 Å². The number of fused-ring (bicyclic) bond motifs is 1. The number of aryl methyl sites for hydroxylation is 1. The predicted molar refractivity (Wildman–Crippen MR) is 153 cm³/mol. The summed E-state index contributed by atoms with van der Waals surface area (Å²) in [5.41, 5.74) is 4.22. The number of hydrogen-bond acceptors (Lipinski definition) is 6. The minimum Gasteiger partial charge on any atom is -0.494 e. The van der Waals surface area contributed by atoms with Gasteiger partial charge in [-0.3, -0.25) is 9.59 Å². The minimum atomic E-state index is -0.346. The van der Waals surface area contributed by atoms with Crippen LogP contribution < -0.4 is 9.75 Å². The van der Waals surface area contributed by atoms with E-state index < -0.39 is 0 Å². The summed E-state index contributed by atoms with van der Waals surface area (Å²) in [4.78, 5) is 31.1. The van der Waals surface area contributed by atoms with Crippen LogP contribution in [-0.2, 0) is 0 Å². The Morgan fingerprint density at radius 2 is 1.58 bits per heavy atom. The third kappa shape index (κ3) is 5.53. The predicted octanol–water partition coefficient (Wildman–Crippen LogP) is 6.92. The number of benzene rings is 4. The average molecular weight is 520 g/mol. The van der Waals surface area contributed by atoms with E-state index in [2.05, 4.69) is 10.1 Å². The van der Waals surface area contributed by atoms with Gasteiger partial charge >= 0.3 is 0 Å². The Labute approximate surface area is 224 Å². The van der Waals surface area contributed by atoms with E-state index >= 15 is 0 Å². The molecule has 0 saturated carbocycles. The molecule has 0 aliphatic rings. The highest BCUT2D eigenvalue weighted by Crippen LogP contribution is 2.31. The second kappa shape index (κ2) is 11.2. The fourth-order valence-corrected chi connectivity index (χ4v) is 4.90. The molecule has 0 aliphatic carbocycles. The SMILES string of the molecule is CCOc1ccc(/C=N/N(C(=O)c2ccc(C(=O)c3ccccc3)cc2)c2nc3ccc(C)cc3s2)cc1. The third-order valence-corrected chi connectivity index (χ3v) is 6.84. The van der Waals surface area contributed by atoms with E-state index in [9.17, 15) is 9.59 Å². The summed E-state index contributed by atoms with van der Waals surface area (Å²) in [6, 6.07) is 29.1. The lowest BCUT2D eigenvalue weighted by atomic mass is 10.0. The molecule has 7 heteroatoms. The standard InChI is InChI=1S/C31H25N3O3S/c1-3-37-26-16-10-22(11-17-26)20-32-34(31-33-27-18-9-21(2)19-28(27)38-31)30(36)25-14-12-24(13-15-25)29(35)23-7-5-4-6-8-23/h4-20H,3H2,1-2H3/b32-20+. The van der Waals surface area contributed by atoms with Crippen molar-refractivity contribution in [1.82, 2.24) is 4.98 Å². The first kappa shape index (κ1) is 25.0. The second-order valence-corrected chi connectivity index (χ2v) is 9.61. The molecular formula is C31H25N3O3S. The van der Waals surface area contributed by atoms with Crippen molar-refractivity contribution in [3.8, 4) is 5.75 Å². The van der Waals surface area contributed by atoms with Crippen molar-refractivity contribution in [2.24, 2.45) is 5.10 Å². The van der Waals surface area contributed by atoms with Gasteiger partial charge < -0.3 is 4.74 Å². The molecule has 0 atom stereocenters.